The Morgan fingerprint density at radius 2 is 1.93 bits per heavy atom. The molecule has 0 bridgehead atoms. The van der Waals surface area contributed by atoms with Crippen molar-refractivity contribution in [3.8, 4) is 5.75 Å². The summed E-state index contributed by atoms with van der Waals surface area (Å²) >= 11 is 6.21. The molecule has 29 heavy (non-hydrogen) atoms. The van der Waals surface area contributed by atoms with Crippen molar-refractivity contribution >= 4 is 23.3 Å². The highest BCUT2D eigenvalue weighted by molar-refractivity contribution is 6.32. The van der Waals surface area contributed by atoms with E-state index in [0.29, 0.717) is 29.0 Å². The molecule has 0 unspecified atom stereocenters. The third kappa shape index (κ3) is 5.10. The van der Waals surface area contributed by atoms with Crippen LogP contribution < -0.4 is 10.5 Å². The van der Waals surface area contributed by atoms with Gasteiger partial charge in [-0.15, -0.1) is 0 Å². The van der Waals surface area contributed by atoms with Crippen LogP contribution in [0, 0.1) is 18.3 Å². The Kier molecular flexibility index (Phi) is 6.80. The average Bonchev–Trinajstić information content (AvgIpc) is 2.72. The molecule has 1 heterocycles. The van der Waals surface area contributed by atoms with Crippen molar-refractivity contribution in [3.05, 3.63) is 63.7 Å². The molecule has 0 amide bonds. The molecule has 0 aromatic heterocycles. The van der Waals surface area contributed by atoms with Gasteiger partial charge in [-0.05, 0) is 49.4 Å². The highest BCUT2D eigenvalue weighted by Crippen LogP contribution is 2.25. The number of benzene rings is 2. The van der Waals surface area contributed by atoms with Crippen molar-refractivity contribution in [2.24, 2.45) is 16.6 Å². The Hall–Kier alpha value is -2.53. The summed E-state index contributed by atoms with van der Waals surface area (Å²) in [5.74, 6) is 2.32. The van der Waals surface area contributed by atoms with Crippen LogP contribution in [0.5, 0.6) is 5.75 Å². The van der Waals surface area contributed by atoms with E-state index in [1.54, 1.807) is 7.11 Å². The van der Waals surface area contributed by atoms with E-state index >= 15 is 0 Å². The first-order chi connectivity index (χ1) is 13.9. The Labute approximate surface area is 178 Å². The second kappa shape index (κ2) is 9.31. The Morgan fingerprint density at radius 1 is 1.21 bits per heavy atom. The summed E-state index contributed by atoms with van der Waals surface area (Å²) in [5.41, 5.74) is 10.1. The van der Waals surface area contributed by atoms with Crippen LogP contribution in [0.4, 0.5) is 0 Å². The fourth-order valence-electron chi connectivity index (χ4n) is 3.55. The lowest BCUT2D eigenvalue weighted by Crippen LogP contribution is -2.39. The van der Waals surface area contributed by atoms with E-state index in [1.165, 1.54) is 0 Å². The lowest BCUT2D eigenvalue weighted by atomic mass is 9.97. The number of rotatable bonds is 5. The number of nitrogens with two attached hydrogens (primary N) is 1. The smallest absolute Gasteiger partial charge is 0.137 e. The molecule has 1 fully saturated rings. The van der Waals surface area contributed by atoms with Crippen molar-refractivity contribution in [1.82, 2.24) is 4.90 Å². The third-order valence-electron chi connectivity index (χ3n) is 5.45. The van der Waals surface area contributed by atoms with Gasteiger partial charge in [0.15, 0.2) is 0 Å². The monoisotopic (exact) mass is 412 g/mol. The molecule has 1 aliphatic heterocycles. The minimum absolute atomic E-state index is 0.414. The molecule has 0 aliphatic carbocycles. The molecular weight excluding hydrogens is 384 g/mol. The molecule has 154 valence electrons. The van der Waals surface area contributed by atoms with Crippen LogP contribution in [-0.2, 0) is 6.54 Å². The Morgan fingerprint density at radius 3 is 2.59 bits per heavy atom. The number of aryl methyl sites for hydroxylation is 1. The van der Waals surface area contributed by atoms with E-state index < -0.39 is 0 Å². The highest BCUT2D eigenvalue weighted by atomic mass is 35.5. The van der Waals surface area contributed by atoms with Crippen molar-refractivity contribution in [2.75, 3.05) is 20.2 Å². The number of ether oxygens (including phenoxy) is 1. The summed E-state index contributed by atoms with van der Waals surface area (Å²) in [6.07, 6.45) is 2.23. The second-order valence-electron chi connectivity index (χ2n) is 7.74. The van der Waals surface area contributed by atoms with Crippen molar-refractivity contribution in [1.29, 1.82) is 5.41 Å². The predicted molar refractivity (Wildman–Crippen MR) is 120 cm³/mol. The first kappa shape index (κ1) is 21.2. The number of methoxy groups -OCH3 is 1. The standard InChI is InChI=1S/C23H29ClN4O/c1-15-8-10-28(11-9-15)23(26)18-6-4-16(2)12-19(18)22(25)27-14-17-5-7-21(29-3)20(24)13-17/h4-7,12-13,15,26H,8-11,14H2,1-3H3,(H2,25,27). The maximum Gasteiger partial charge on any atom is 0.137 e. The van der Waals surface area contributed by atoms with Crippen LogP contribution in [0.15, 0.2) is 41.4 Å². The molecule has 5 nitrogen and oxygen atoms in total. The van der Waals surface area contributed by atoms with Gasteiger partial charge in [0.2, 0.25) is 0 Å². The van der Waals surface area contributed by atoms with Gasteiger partial charge < -0.3 is 15.4 Å². The number of hydrogen-bond donors (Lipinski definition) is 2. The first-order valence-corrected chi connectivity index (χ1v) is 10.3. The van der Waals surface area contributed by atoms with Crippen molar-refractivity contribution < 1.29 is 4.74 Å². The van der Waals surface area contributed by atoms with Gasteiger partial charge in [0.1, 0.15) is 17.4 Å². The van der Waals surface area contributed by atoms with E-state index in [0.717, 1.165) is 54.1 Å². The van der Waals surface area contributed by atoms with Gasteiger partial charge in [-0.1, -0.05) is 42.3 Å². The average molecular weight is 413 g/mol. The molecule has 1 aliphatic rings. The van der Waals surface area contributed by atoms with Crippen LogP contribution in [-0.4, -0.2) is 36.8 Å². The summed E-state index contributed by atoms with van der Waals surface area (Å²) in [6.45, 7) is 6.53. The number of hydrogen-bond acceptors (Lipinski definition) is 3. The lowest BCUT2D eigenvalue weighted by Gasteiger charge is -2.32. The molecule has 0 atom stereocenters. The van der Waals surface area contributed by atoms with E-state index in [1.807, 2.05) is 43.3 Å². The topological polar surface area (TPSA) is 74.7 Å². The van der Waals surface area contributed by atoms with Crippen LogP contribution >= 0.6 is 11.6 Å². The van der Waals surface area contributed by atoms with Crippen LogP contribution in [0.1, 0.15) is 42.0 Å². The molecule has 3 N–H and O–H groups in total. The quantitative estimate of drug-likeness (QED) is 0.555. The summed E-state index contributed by atoms with van der Waals surface area (Å²) in [5, 5.41) is 9.30. The van der Waals surface area contributed by atoms with Gasteiger partial charge in [0.05, 0.1) is 18.7 Å². The van der Waals surface area contributed by atoms with Crippen molar-refractivity contribution in [2.45, 2.75) is 33.2 Å². The number of nitrogens with zero attached hydrogens (tertiary/aromatic N) is 2. The number of likely N-dealkylation sites (tertiary alicyclic amines) is 1. The molecular formula is C23H29ClN4O. The molecule has 1 saturated heterocycles. The number of aliphatic imine (C=N–C) groups is 1. The number of nitrogens with one attached hydrogen (secondary N) is 1. The molecule has 6 heteroatoms. The zero-order valence-electron chi connectivity index (χ0n) is 17.3. The fourth-order valence-corrected chi connectivity index (χ4v) is 3.83. The molecule has 2 aromatic carbocycles. The van der Waals surface area contributed by atoms with Crippen LogP contribution in [0.25, 0.3) is 0 Å². The zero-order valence-corrected chi connectivity index (χ0v) is 18.1. The number of halogens is 1. The maximum absolute atomic E-state index is 8.75. The summed E-state index contributed by atoms with van der Waals surface area (Å²) < 4.78 is 5.19. The van der Waals surface area contributed by atoms with E-state index in [2.05, 4.69) is 16.8 Å². The van der Waals surface area contributed by atoms with E-state index in [4.69, 9.17) is 27.5 Å². The van der Waals surface area contributed by atoms with E-state index in [9.17, 15) is 0 Å². The predicted octanol–water partition coefficient (Wildman–Crippen LogP) is 4.62. The SMILES string of the molecule is COc1ccc(CN=C(N)c2cc(C)ccc2C(=N)N2CCC(C)CC2)cc1Cl. The van der Waals surface area contributed by atoms with E-state index in [-0.39, 0.29) is 0 Å². The van der Waals surface area contributed by atoms with Crippen LogP contribution in [0.2, 0.25) is 5.02 Å². The van der Waals surface area contributed by atoms with Gasteiger partial charge in [-0.2, -0.15) is 0 Å². The first-order valence-electron chi connectivity index (χ1n) is 9.96. The minimum Gasteiger partial charge on any atom is -0.495 e. The maximum atomic E-state index is 8.75. The number of piperidine rings is 1. The number of amidine groups is 2. The highest BCUT2D eigenvalue weighted by Gasteiger charge is 2.21. The summed E-state index contributed by atoms with van der Waals surface area (Å²) in [7, 11) is 1.59. The molecule has 0 saturated carbocycles. The third-order valence-corrected chi connectivity index (χ3v) is 5.75. The Balaban J connectivity index is 1.83. The normalized spacial score (nSPS) is 15.4. The van der Waals surface area contributed by atoms with Crippen molar-refractivity contribution in [3.63, 3.8) is 0 Å². The van der Waals surface area contributed by atoms with Gasteiger partial charge in [-0.25, -0.2) is 0 Å². The summed E-state index contributed by atoms with van der Waals surface area (Å²) in [4.78, 5) is 6.73. The lowest BCUT2D eigenvalue weighted by molar-refractivity contribution is 0.279. The molecule has 0 radical (unpaired) electrons. The minimum atomic E-state index is 0.414. The summed E-state index contributed by atoms with van der Waals surface area (Å²) in [6, 6.07) is 11.6. The molecule has 3 rings (SSSR count). The van der Waals surface area contributed by atoms with Gasteiger partial charge >= 0.3 is 0 Å². The largest absolute Gasteiger partial charge is 0.495 e. The Bertz CT molecular complexity index is 917. The second-order valence-corrected chi connectivity index (χ2v) is 8.14. The molecule has 2 aromatic rings. The van der Waals surface area contributed by atoms with Gasteiger partial charge in [-0.3, -0.25) is 10.4 Å². The van der Waals surface area contributed by atoms with Gasteiger partial charge in [0.25, 0.3) is 0 Å². The van der Waals surface area contributed by atoms with Crippen LogP contribution in [0.3, 0.4) is 0 Å². The zero-order chi connectivity index (χ0) is 21.0. The van der Waals surface area contributed by atoms with Gasteiger partial charge in [0, 0.05) is 24.2 Å². The molecule has 0 spiro atoms. The fraction of sp³-hybridized carbons (Fsp3) is 0.391.